The zero-order valence-corrected chi connectivity index (χ0v) is 16.8. The topological polar surface area (TPSA) is 84.6 Å². The van der Waals surface area contributed by atoms with E-state index in [1.165, 1.54) is 0 Å². The van der Waals surface area contributed by atoms with Crippen molar-refractivity contribution < 1.29 is 9.53 Å². The lowest BCUT2D eigenvalue weighted by Gasteiger charge is -2.32. The minimum Gasteiger partial charge on any atom is -0.491 e. The van der Waals surface area contributed by atoms with Gasteiger partial charge in [-0.15, -0.1) is 15.3 Å². The van der Waals surface area contributed by atoms with Crippen LogP contribution in [0.15, 0.2) is 36.7 Å². The van der Waals surface area contributed by atoms with Gasteiger partial charge in [-0.2, -0.15) is 4.52 Å². The molecule has 2 aromatic heterocycles. The van der Waals surface area contributed by atoms with Crippen molar-refractivity contribution in [2.45, 2.75) is 26.7 Å². The Labute approximate surface area is 169 Å². The quantitative estimate of drug-likeness (QED) is 0.645. The molecule has 1 aliphatic heterocycles. The van der Waals surface area contributed by atoms with Crippen molar-refractivity contribution in [1.82, 2.24) is 25.1 Å². The molecule has 0 radical (unpaired) electrons. The summed E-state index contributed by atoms with van der Waals surface area (Å²) in [5, 5.41) is 15.4. The molecule has 0 bridgehead atoms. The molecule has 29 heavy (non-hydrogen) atoms. The van der Waals surface area contributed by atoms with Gasteiger partial charge < -0.3 is 15.0 Å². The van der Waals surface area contributed by atoms with Gasteiger partial charge in [0.2, 0.25) is 5.91 Å². The normalized spacial score (nSPS) is 14.9. The fraction of sp³-hybridized carbons (Fsp3) is 0.429. The minimum absolute atomic E-state index is 0.0325. The van der Waals surface area contributed by atoms with Crippen LogP contribution >= 0.6 is 0 Å². The third kappa shape index (κ3) is 4.31. The largest absolute Gasteiger partial charge is 0.491 e. The van der Waals surface area contributed by atoms with Gasteiger partial charge in [0.05, 0.1) is 6.54 Å². The molecule has 8 heteroatoms. The molecule has 3 heterocycles. The third-order valence-corrected chi connectivity index (χ3v) is 5.39. The SMILES string of the molecule is Cc1cccc(C)c1OCCNC(=O)C1CCN(c2ccc3nncn3n2)CC1. The number of piperidine rings is 1. The number of nitrogens with zero attached hydrogens (tertiary/aromatic N) is 5. The molecule has 0 saturated carbocycles. The monoisotopic (exact) mass is 394 g/mol. The Bertz CT molecular complexity index is 974. The van der Waals surface area contributed by atoms with Crippen molar-refractivity contribution in [3.8, 4) is 5.75 Å². The lowest BCUT2D eigenvalue weighted by molar-refractivity contribution is -0.125. The molecule has 0 aliphatic carbocycles. The van der Waals surface area contributed by atoms with Crippen LogP contribution in [0, 0.1) is 19.8 Å². The molecule has 3 aromatic rings. The number of hydrogen-bond acceptors (Lipinski definition) is 6. The first-order valence-electron chi connectivity index (χ1n) is 10.0. The number of amides is 1. The fourth-order valence-corrected chi connectivity index (χ4v) is 3.76. The first kappa shape index (κ1) is 19.2. The lowest BCUT2D eigenvalue weighted by Crippen LogP contribution is -2.41. The number of carbonyl (C=O) groups excluding carboxylic acids is 1. The summed E-state index contributed by atoms with van der Waals surface area (Å²) in [5.41, 5.74) is 2.95. The van der Waals surface area contributed by atoms with E-state index >= 15 is 0 Å². The van der Waals surface area contributed by atoms with E-state index < -0.39 is 0 Å². The molecule has 4 rings (SSSR count). The van der Waals surface area contributed by atoms with Crippen molar-refractivity contribution in [1.29, 1.82) is 0 Å². The van der Waals surface area contributed by atoms with E-state index in [0.717, 1.165) is 54.3 Å². The lowest BCUT2D eigenvalue weighted by atomic mass is 9.96. The maximum Gasteiger partial charge on any atom is 0.223 e. The molecular formula is C21H26N6O2. The van der Waals surface area contributed by atoms with Gasteiger partial charge in [-0.25, -0.2) is 0 Å². The van der Waals surface area contributed by atoms with Crippen LogP contribution in [0.3, 0.4) is 0 Å². The number of benzene rings is 1. The Morgan fingerprint density at radius 1 is 1.17 bits per heavy atom. The van der Waals surface area contributed by atoms with Gasteiger partial charge in [-0.3, -0.25) is 4.79 Å². The van der Waals surface area contributed by atoms with Crippen molar-refractivity contribution in [3.63, 3.8) is 0 Å². The standard InChI is InChI=1S/C21H26N6O2/c1-15-4-3-5-16(2)20(15)29-13-10-22-21(28)17-8-11-26(12-9-17)19-7-6-18-24-23-14-27(18)25-19/h3-7,14,17H,8-13H2,1-2H3,(H,22,28). The van der Waals surface area contributed by atoms with Gasteiger partial charge in [-0.05, 0) is 49.9 Å². The van der Waals surface area contributed by atoms with Crippen molar-refractivity contribution in [2.75, 3.05) is 31.1 Å². The van der Waals surface area contributed by atoms with Crippen molar-refractivity contribution >= 4 is 17.4 Å². The van der Waals surface area contributed by atoms with Crippen LogP contribution < -0.4 is 15.0 Å². The molecule has 1 fully saturated rings. The zero-order chi connectivity index (χ0) is 20.2. The van der Waals surface area contributed by atoms with Crippen LogP contribution in [0.25, 0.3) is 5.65 Å². The number of nitrogens with one attached hydrogen (secondary N) is 1. The first-order chi connectivity index (χ1) is 14.1. The highest BCUT2D eigenvalue weighted by atomic mass is 16.5. The van der Waals surface area contributed by atoms with Gasteiger partial charge in [-0.1, -0.05) is 18.2 Å². The number of ether oxygens (including phenoxy) is 1. The number of aromatic nitrogens is 4. The number of fused-ring (bicyclic) bond motifs is 1. The Kier molecular flexibility index (Phi) is 5.59. The predicted octanol–water partition coefficient (Wildman–Crippen LogP) is 2.15. The number of hydrogen-bond donors (Lipinski definition) is 1. The van der Waals surface area contributed by atoms with Crippen molar-refractivity contribution in [3.05, 3.63) is 47.8 Å². The number of aryl methyl sites for hydroxylation is 2. The second-order valence-corrected chi connectivity index (χ2v) is 7.45. The summed E-state index contributed by atoms with van der Waals surface area (Å²) >= 11 is 0. The maximum absolute atomic E-state index is 12.5. The molecule has 152 valence electrons. The van der Waals surface area contributed by atoms with E-state index in [1.807, 2.05) is 44.2 Å². The molecule has 0 spiro atoms. The van der Waals surface area contributed by atoms with E-state index in [4.69, 9.17) is 4.74 Å². The van der Waals surface area contributed by atoms with Gasteiger partial charge in [0.15, 0.2) is 5.65 Å². The Morgan fingerprint density at radius 2 is 1.93 bits per heavy atom. The molecule has 1 aliphatic rings. The van der Waals surface area contributed by atoms with Gasteiger partial charge >= 0.3 is 0 Å². The number of carbonyl (C=O) groups is 1. The third-order valence-electron chi connectivity index (χ3n) is 5.39. The summed E-state index contributed by atoms with van der Waals surface area (Å²) in [6.07, 6.45) is 3.22. The highest BCUT2D eigenvalue weighted by Gasteiger charge is 2.25. The van der Waals surface area contributed by atoms with Gasteiger partial charge in [0, 0.05) is 19.0 Å². The van der Waals surface area contributed by atoms with Crippen LogP contribution in [0.1, 0.15) is 24.0 Å². The molecule has 1 amide bonds. The summed E-state index contributed by atoms with van der Waals surface area (Å²) in [5.74, 6) is 1.94. The molecule has 0 unspecified atom stereocenters. The summed E-state index contributed by atoms with van der Waals surface area (Å²) in [6, 6.07) is 9.94. The fourth-order valence-electron chi connectivity index (χ4n) is 3.76. The van der Waals surface area contributed by atoms with Gasteiger partial charge in [0.1, 0.15) is 24.5 Å². The Balaban J connectivity index is 1.23. The molecular weight excluding hydrogens is 368 g/mol. The highest BCUT2D eigenvalue weighted by Crippen LogP contribution is 2.23. The number of anilines is 1. The second-order valence-electron chi connectivity index (χ2n) is 7.45. The van der Waals surface area contributed by atoms with E-state index in [0.29, 0.717) is 13.2 Å². The van der Waals surface area contributed by atoms with Crippen LogP contribution in [0.5, 0.6) is 5.75 Å². The van der Waals surface area contributed by atoms with Crippen LogP contribution in [-0.4, -0.2) is 52.0 Å². The zero-order valence-electron chi connectivity index (χ0n) is 16.8. The summed E-state index contributed by atoms with van der Waals surface area (Å²) in [4.78, 5) is 14.7. The Morgan fingerprint density at radius 3 is 2.69 bits per heavy atom. The summed E-state index contributed by atoms with van der Waals surface area (Å²) in [6.45, 7) is 6.66. The van der Waals surface area contributed by atoms with Crippen molar-refractivity contribution in [2.24, 2.45) is 5.92 Å². The van der Waals surface area contributed by atoms with Gasteiger partial charge in [0.25, 0.3) is 0 Å². The molecule has 1 aromatic carbocycles. The molecule has 1 N–H and O–H groups in total. The smallest absolute Gasteiger partial charge is 0.223 e. The second kappa shape index (κ2) is 8.46. The molecule has 8 nitrogen and oxygen atoms in total. The summed E-state index contributed by atoms with van der Waals surface area (Å²) in [7, 11) is 0. The average Bonchev–Trinajstić information content (AvgIpc) is 3.21. The molecule has 0 atom stereocenters. The Hall–Kier alpha value is -3.16. The maximum atomic E-state index is 12.5. The van der Waals surface area contributed by atoms with E-state index in [-0.39, 0.29) is 11.8 Å². The first-order valence-corrected chi connectivity index (χ1v) is 10.0. The number of para-hydroxylation sites is 1. The number of rotatable bonds is 6. The van der Waals surface area contributed by atoms with E-state index in [2.05, 4.69) is 25.5 Å². The average molecular weight is 394 g/mol. The van der Waals surface area contributed by atoms with Crippen LogP contribution in [-0.2, 0) is 4.79 Å². The van der Waals surface area contributed by atoms with E-state index in [1.54, 1.807) is 10.8 Å². The van der Waals surface area contributed by atoms with Crippen LogP contribution in [0.2, 0.25) is 0 Å². The molecule has 1 saturated heterocycles. The predicted molar refractivity (Wildman–Crippen MR) is 110 cm³/mol. The van der Waals surface area contributed by atoms with E-state index in [9.17, 15) is 4.79 Å². The van der Waals surface area contributed by atoms with Crippen LogP contribution in [0.4, 0.5) is 5.82 Å². The minimum atomic E-state index is 0.0325. The summed E-state index contributed by atoms with van der Waals surface area (Å²) < 4.78 is 7.54. The highest BCUT2D eigenvalue weighted by molar-refractivity contribution is 5.79.